The van der Waals surface area contributed by atoms with E-state index in [-0.39, 0.29) is 23.6 Å². The Hall–Kier alpha value is -0.680. The van der Waals surface area contributed by atoms with E-state index < -0.39 is 0 Å². The maximum Gasteiger partial charge on any atom is 0.177 e. The summed E-state index contributed by atoms with van der Waals surface area (Å²) < 4.78 is 22.9. The van der Waals surface area contributed by atoms with Crippen LogP contribution in [-0.4, -0.2) is 38.0 Å². The van der Waals surface area contributed by atoms with Crippen LogP contribution in [0.5, 0.6) is 0 Å². The van der Waals surface area contributed by atoms with E-state index in [1.807, 2.05) is 0 Å². The molecule has 17 heavy (non-hydrogen) atoms. The molecule has 94 valence electrons. The van der Waals surface area contributed by atoms with Gasteiger partial charge in [0.05, 0.1) is 30.8 Å². The van der Waals surface area contributed by atoms with Crippen LogP contribution in [0.15, 0.2) is 25.3 Å². The van der Waals surface area contributed by atoms with E-state index in [0.29, 0.717) is 19.8 Å². The van der Waals surface area contributed by atoms with E-state index in [4.69, 9.17) is 18.9 Å². The fourth-order valence-corrected chi connectivity index (χ4v) is 2.69. The average molecular weight is 238 g/mol. The first-order chi connectivity index (χ1) is 8.24. The molecule has 0 aromatic heterocycles. The van der Waals surface area contributed by atoms with Crippen molar-refractivity contribution in [2.45, 2.75) is 31.0 Å². The van der Waals surface area contributed by atoms with Crippen LogP contribution < -0.4 is 0 Å². The lowest BCUT2D eigenvalue weighted by molar-refractivity contribution is -0.320. The van der Waals surface area contributed by atoms with Crippen LogP contribution in [0.3, 0.4) is 0 Å². The highest BCUT2D eigenvalue weighted by Crippen LogP contribution is 2.57. The standard InChI is InChI=1S/C13H18O4/c1-3-10-14-7-12(8-15-10)9-16-11(4-2)17-13(12)5-6-13/h3-4,10-11H,1-2,5-9H2. The molecule has 1 unspecified atom stereocenters. The third-order valence-electron chi connectivity index (χ3n) is 3.97. The molecule has 2 spiro atoms. The van der Waals surface area contributed by atoms with Gasteiger partial charge < -0.3 is 18.9 Å². The summed E-state index contributed by atoms with van der Waals surface area (Å²) in [6.45, 7) is 9.19. The number of ether oxygens (including phenoxy) is 4. The molecule has 1 atom stereocenters. The van der Waals surface area contributed by atoms with Gasteiger partial charge in [-0.05, 0) is 25.0 Å². The van der Waals surface area contributed by atoms with E-state index in [2.05, 4.69) is 13.2 Å². The van der Waals surface area contributed by atoms with Gasteiger partial charge in [-0.15, -0.1) is 0 Å². The highest BCUT2D eigenvalue weighted by Gasteiger charge is 2.65. The highest BCUT2D eigenvalue weighted by atomic mass is 16.7. The molecule has 3 fully saturated rings. The predicted molar refractivity (Wildman–Crippen MR) is 61.3 cm³/mol. The van der Waals surface area contributed by atoms with Gasteiger partial charge in [-0.25, -0.2) is 0 Å². The fraction of sp³-hybridized carbons (Fsp3) is 0.692. The van der Waals surface area contributed by atoms with Crippen LogP contribution in [0.4, 0.5) is 0 Å². The first-order valence-electron chi connectivity index (χ1n) is 6.01. The SMILES string of the molecule is C=CC1OCC2(CO1)COC(C=C)OC21CC1. The van der Waals surface area contributed by atoms with Crippen molar-refractivity contribution in [2.24, 2.45) is 5.41 Å². The molecule has 0 bridgehead atoms. The van der Waals surface area contributed by atoms with Crippen molar-refractivity contribution in [1.29, 1.82) is 0 Å². The smallest absolute Gasteiger partial charge is 0.177 e. The van der Waals surface area contributed by atoms with Gasteiger partial charge in [0.2, 0.25) is 0 Å². The zero-order valence-electron chi connectivity index (χ0n) is 9.89. The first-order valence-corrected chi connectivity index (χ1v) is 6.01. The van der Waals surface area contributed by atoms with Gasteiger partial charge >= 0.3 is 0 Å². The summed E-state index contributed by atoms with van der Waals surface area (Å²) in [5.74, 6) is 0. The molecule has 3 rings (SSSR count). The van der Waals surface area contributed by atoms with Crippen LogP contribution in [0, 0.1) is 5.41 Å². The van der Waals surface area contributed by atoms with Crippen molar-refractivity contribution in [1.82, 2.24) is 0 Å². The highest BCUT2D eigenvalue weighted by molar-refractivity contribution is 5.13. The van der Waals surface area contributed by atoms with Gasteiger partial charge in [0, 0.05) is 0 Å². The van der Waals surface area contributed by atoms with E-state index in [9.17, 15) is 0 Å². The Labute approximate surface area is 101 Å². The minimum absolute atomic E-state index is 0.129. The molecule has 1 aliphatic carbocycles. The van der Waals surface area contributed by atoms with E-state index in [0.717, 1.165) is 12.8 Å². The lowest BCUT2D eigenvalue weighted by atomic mass is 9.80. The van der Waals surface area contributed by atoms with Gasteiger partial charge in [0.15, 0.2) is 12.6 Å². The topological polar surface area (TPSA) is 36.9 Å². The molecule has 2 aliphatic heterocycles. The van der Waals surface area contributed by atoms with Crippen molar-refractivity contribution in [3.05, 3.63) is 25.3 Å². The molecule has 4 heteroatoms. The van der Waals surface area contributed by atoms with Gasteiger partial charge in [0.25, 0.3) is 0 Å². The summed E-state index contributed by atoms with van der Waals surface area (Å²) in [6, 6.07) is 0. The summed E-state index contributed by atoms with van der Waals surface area (Å²) in [4.78, 5) is 0. The lowest BCUT2D eigenvalue weighted by Crippen LogP contribution is -2.58. The molecule has 1 saturated carbocycles. The van der Waals surface area contributed by atoms with Crippen LogP contribution in [0.2, 0.25) is 0 Å². The summed E-state index contributed by atoms with van der Waals surface area (Å²) >= 11 is 0. The number of rotatable bonds is 2. The quantitative estimate of drug-likeness (QED) is 0.685. The number of hydrogen-bond donors (Lipinski definition) is 0. The van der Waals surface area contributed by atoms with E-state index in [1.54, 1.807) is 12.2 Å². The third kappa shape index (κ3) is 1.67. The second-order valence-electron chi connectivity index (χ2n) is 5.03. The Balaban J connectivity index is 1.75. The molecule has 2 saturated heterocycles. The molecule has 0 N–H and O–H groups in total. The van der Waals surface area contributed by atoms with Crippen molar-refractivity contribution >= 4 is 0 Å². The molecule has 0 amide bonds. The first kappa shape index (κ1) is 11.4. The third-order valence-corrected chi connectivity index (χ3v) is 3.97. The van der Waals surface area contributed by atoms with Crippen molar-refractivity contribution in [3.63, 3.8) is 0 Å². The van der Waals surface area contributed by atoms with Crippen LogP contribution in [0.1, 0.15) is 12.8 Å². The summed E-state index contributed by atoms with van der Waals surface area (Å²) in [7, 11) is 0. The van der Waals surface area contributed by atoms with Gasteiger partial charge in [0.1, 0.15) is 0 Å². The normalized spacial score (nSPS) is 43.5. The maximum atomic E-state index is 5.97. The van der Waals surface area contributed by atoms with Crippen LogP contribution in [0.25, 0.3) is 0 Å². The second kappa shape index (κ2) is 3.92. The molecule has 4 nitrogen and oxygen atoms in total. The van der Waals surface area contributed by atoms with Crippen molar-refractivity contribution < 1.29 is 18.9 Å². The van der Waals surface area contributed by atoms with E-state index in [1.165, 1.54) is 0 Å². The molecule has 2 heterocycles. The largest absolute Gasteiger partial charge is 0.348 e. The Kier molecular flexibility index (Phi) is 2.63. The van der Waals surface area contributed by atoms with Gasteiger partial charge in [-0.1, -0.05) is 13.2 Å². The summed E-state index contributed by atoms with van der Waals surface area (Å²) in [5, 5.41) is 0. The monoisotopic (exact) mass is 238 g/mol. The number of hydrogen-bond acceptors (Lipinski definition) is 4. The molecule has 0 aromatic rings. The van der Waals surface area contributed by atoms with Gasteiger partial charge in [-0.3, -0.25) is 0 Å². The van der Waals surface area contributed by atoms with Crippen molar-refractivity contribution in [3.8, 4) is 0 Å². The molecule has 3 aliphatic rings. The lowest BCUT2D eigenvalue weighted by Gasteiger charge is -2.48. The average Bonchev–Trinajstić information content (AvgIpc) is 3.15. The Morgan fingerprint density at radius 3 is 1.88 bits per heavy atom. The zero-order chi connectivity index (χ0) is 11.9. The molecule has 0 aromatic carbocycles. The second-order valence-corrected chi connectivity index (χ2v) is 5.03. The number of fused-ring (bicyclic) bond motifs is 1. The molecule has 0 radical (unpaired) electrons. The Bertz CT molecular complexity index is 318. The van der Waals surface area contributed by atoms with Crippen LogP contribution >= 0.6 is 0 Å². The summed E-state index contributed by atoms with van der Waals surface area (Å²) in [6.07, 6.45) is 4.88. The Morgan fingerprint density at radius 1 is 0.882 bits per heavy atom. The molecular formula is C13H18O4. The Morgan fingerprint density at radius 2 is 1.41 bits per heavy atom. The molecular weight excluding hydrogens is 220 g/mol. The minimum Gasteiger partial charge on any atom is -0.348 e. The van der Waals surface area contributed by atoms with Crippen LogP contribution in [-0.2, 0) is 18.9 Å². The van der Waals surface area contributed by atoms with E-state index >= 15 is 0 Å². The van der Waals surface area contributed by atoms with Crippen molar-refractivity contribution in [2.75, 3.05) is 19.8 Å². The predicted octanol–water partition coefficient (Wildman–Crippen LogP) is 1.62. The summed E-state index contributed by atoms with van der Waals surface area (Å²) in [5.41, 5.74) is -0.289. The zero-order valence-corrected chi connectivity index (χ0v) is 9.89. The maximum absolute atomic E-state index is 5.97. The van der Waals surface area contributed by atoms with Gasteiger partial charge in [-0.2, -0.15) is 0 Å². The minimum atomic E-state index is -0.298. The fourth-order valence-electron chi connectivity index (χ4n) is 2.69.